The van der Waals surface area contributed by atoms with Crippen LogP contribution in [0.1, 0.15) is 27.2 Å². The lowest BCUT2D eigenvalue weighted by Gasteiger charge is -2.24. The number of ether oxygens (including phenoxy) is 1. The molecular weight excluding hydrogens is 208 g/mol. The molecule has 3 N–H and O–H groups in total. The Kier molecular flexibility index (Phi) is 4.15. The fraction of sp³-hybridized carbons (Fsp3) is 0.909. The van der Waals surface area contributed by atoms with Crippen LogP contribution in [0.5, 0.6) is 0 Å². The number of rotatable bonds is 2. The zero-order chi connectivity index (χ0) is 12.3. The third kappa shape index (κ3) is 3.64. The molecule has 16 heavy (non-hydrogen) atoms. The lowest BCUT2D eigenvalue weighted by molar-refractivity contribution is 0.0269. The van der Waals surface area contributed by atoms with Gasteiger partial charge in [-0.25, -0.2) is 4.79 Å². The zero-order valence-corrected chi connectivity index (χ0v) is 10.3. The average Bonchev–Trinajstić information content (AvgIpc) is 2.46. The van der Waals surface area contributed by atoms with Crippen molar-refractivity contribution >= 4 is 6.09 Å². The fourth-order valence-corrected chi connectivity index (χ4v) is 1.83. The van der Waals surface area contributed by atoms with E-state index in [0.29, 0.717) is 19.6 Å². The maximum Gasteiger partial charge on any atom is 0.410 e. The number of nitrogens with two attached hydrogens (primary N) is 1. The number of hydrogen-bond acceptors (Lipinski definition) is 4. The van der Waals surface area contributed by atoms with Crippen molar-refractivity contribution in [2.75, 3.05) is 19.6 Å². The first-order valence-electron chi connectivity index (χ1n) is 5.69. The number of likely N-dealkylation sites (tertiary alicyclic amines) is 1. The lowest BCUT2D eigenvalue weighted by atomic mass is 10.0. The van der Waals surface area contributed by atoms with Crippen LogP contribution in [0.3, 0.4) is 0 Å². The minimum atomic E-state index is -0.492. The van der Waals surface area contributed by atoms with Crippen molar-refractivity contribution in [2.24, 2.45) is 11.7 Å². The van der Waals surface area contributed by atoms with E-state index in [4.69, 9.17) is 10.5 Å². The van der Waals surface area contributed by atoms with Gasteiger partial charge in [0.05, 0.1) is 12.6 Å². The molecule has 0 aromatic heterocycles. The van der Waals surface area contributed by atoms with Crippen LogP contribution in [-0.4, -0.2) is 47.4 Å². The Balaban J connectivity index is 2.48. The molecule has 0 aliphatic carbocycles. The quantitative estimate of drug-likeness (QED) is 0.727. The topological polar surface area (TPSA) is 75.8 Å². The van der Waals surface area contributed by atoms with Gasteiger partial charge in [-0.2, -0.15) is 0 Å². The van der Waals surface area contributed by atoms with Crippen molar-refractivity contribution < 1.29 is 14.6 Å². The molecule has 1 rings (SSSR count). The molecule has 0 spiro atoms. The number of β-amino-alcohol motifs (C(OH)–C–C–N with tert-alkyl or cyclic N) is 1. The van der Waals surface area contributed by atoms with E-state index in [2.05, 4.69) is 0 Å². The van der Waals surface area contributed by atoms with Gasteiger partial charge in [0.1, 0.15) is 5.60 Å². The van der Waals surface area contributed by atoms with E-state index < -0.39 is 11.7 Å². The highest BCUT2D eigenvalue weighted by Crippen LogP contribution is 2.21. The Hall–Kier alpha value is -0.810. The Morgan fingerprint density at radius 3 is 2.62 bits per heavy atom. The number of aliphatic hydroxyl groups excluding tert-OH is 1. The summed E-state index contributed by atoms with van der Waals surface area (Å²) in [6, 6.07) is 0. The predicted octanol–water partition coefficient (Wildman–Crippen LogP) is 0.563. The van der Waals surface area contributed by atoms with E-state index in [1.54, 1.807) is 4.90 Å². The van der Waals surface area contributed by atoms with Gasteiger partial charge in [-0.3, -0.25) is 0 Å². The van der Waals surface area contributed by atoms with Crippen LogP contribution in [0.15, 0.2) is 0 Å². The molecule has 1 amide bonds. The van der Waals surface area contributed by atoms with E-state index in [9.17, 15) is 9.90 Å². The van der Waals surface area contributed by atoms with Crippen LogP contribution < -0.4 is 5.73 Å². The number of carbonyl (C=O) groups is 1. The second kappa shape index (κ2) is 5.01. The lowest BCUT2D eigenvalue weighted by Crippen LogP contribution is -2.35. The van der Waals surface area contributed by atoms with Crippen molar-refractivity contribution in [1.82, 2.24) is 4.90 Å². The first kappa shape index (κ1) is 13.3. The number of nitrogens with zero attached hydrogens (tertiary/aromatic N) is 1. The van der Waals surface area contributed by atoms with Crippen molar-refractivity contribution in [3.05, 3.63) is 0 Å². The molecule has 94 valence electrons. The van der Waals surface area contributed by atoms with Gasteiger partial charge < -0.3 is 20.5 Å². The molecule has 5 nitrogen and oxygen atoms in total. The molecule has 0 unspecified atom stereocenters. The Bertz CT molecular complexity index is 250. The molecule has 0 bridgehead atoms. The summed E-state index contributed by atoms with van der Waals surface area (Å²) in [6.45, 7) is 6.90. The molecule has 2 atom stereocenters. The van der Waals surface area contributed by atoms with Crippen LogP contribution in [0.4, 0.5) is 4.79 Å². The van der Waals surface area contributed by atoms with Gasteiger partial charge in [0, 0.05) is 12.5 Å². The van der Waals surface area contributed by atoms with Gasteiger partial charge in [-0.1, -0.05) is 0 Å². The van der Waals surface area contributed by atoms with Crippen LogP contribution in [0, 0.1) is 5.92 Å². The van der Waals surface area contributed by atoms with Crippen LogP contribution in [0.2, 0.25) is 0 Å². The fourth-order valence-electron chi connectivity index (χ4n) is 1.83. The summed E-state index contributed by atoms with van der Waals surface area (Å²) < 4.78 is 5.24. The SMILES string of the molecule is CC(C)(C)OC(=O)N1C[C@@H](CCN)[C@H](O)C1. The predicted molar refractivity (Wildman–Crippen MR) is 61.0 cm³/mol. The normalized spacial score (nSPS) is 25.9. The molecule has 0 saturated carbocycles. The first-order valence-corrected chi connectivity index (χ1v) is 5.69. The summed E-state index contributed by atoms with van der Waals surface area (Å²) in [7, 11) is 0. The van der Waals surface area contributed by atoms with Crippen molar-refractivity contribution in [3.8, 4) is 0 Å². The van der Waals surface area contributed by atoms with Gasteiger partial charge in [0.25, 0.3) is 0 Å². The van der Waals surface area contributed by atoms with Crippen molar-refractivity contribution in [2.45, 2.75) is 38.9 Å². The summed E-state index contributed by atoms with van der Waals surface area (Å²) in [5.74, 6) is 0.0810. The second-order valence-corrected chi connectivity index (χ2v) is 5.29. The van der Waals surface area contributed by atoms with E-state index in [1.165, 1.54) is 0 Å². The second-order valence-electron chi connectivity index (χ2n) is 5.29. The van der Waals surface area contributed by atoms with Crippen molar-refractivity contribution in [3.63, 3.8) is 0 Å². The van der Waals surface area contributed by atoms with Gasteiger partial charge in [-0.15, -0.1) is 0 Å². The Morgan fingerprint density at radius 1 is 1.50 bits per heavy atom. The standard InChI is InChI=1S/C11H22N2O3/c1-11(2,3)16-10(15)13-6-8(4-5-12)9(14)7-13/h8-9,14H,4-7,12H2,1-3H3/t8-,9-/m1/s1. The molecule has 1 aliphatic heterocycles. The molecule has 0 aromatic carbocycles. The minimum absolute atomic E-state index is 0.0810. The number of carbonyl (C=O) groups excluding carboxylic acids is 1. The van der Waals surface area contributed by atoms with Crippen LogP contribution in [-0.2, 0) is 4.74 Å². The third-order valence-electron chi connectivity index (χ3n) is 2.60. The maximum absolute atomic E-state index is 11.7. The summed E-state index contributed by atoms with van der Waals surface area (Å²) >= 11 is 0. The molecule has 1 heterocycles. The highest BCUT2D eigenvalue weighted by molar-refractivity contribution is 5.68. The third-order valence-corrected chi connectivity index (χ3v) is 2.60. The molecule has 1 fully saturated rings. The average molecular weight is 230 g/mol. The monoisotopic (exact) mass is 230 g/mol. The number of hydrogen-bond donors (Lipinski definition) is 2. The summed E-state index contributed by atoms with van der Waals surface area (Å²) in [6.07, 6.45) is -0.0948. The van der Waals surface area contributed by atoms with Crippen LogP contribution in [0.25, 0.3) is 0 Å². The molecule has 5 heteroatoms. The Labute approximate surface area is 96.6 Å². The molecular formula is C11H22N2O3. The minimum Gasteiger partial charge on any atom is -0.444 e. The number of aliphatic hydroxyl groups is 1. The molecule has 0 radical (unpaired) electrons. The summed E-state index contributed by atoms with van der Waals surface area (Å²) in [5, 5.41) is 9.73. The zero-order valence-electron chi connectivity index (χ0n) is 10.3. The highest BCUT2D eigenvalue weighted by atomic mass is 16.6. The highest BCUT2D eigenvalue weighted by Gasteiger charge is 2.35. The molecule has 1 saturated heterocycles. The maximum atomic E-state index is 11.7. The van der Waals surface area contributed by atoms with Crippen molar-refractivity contribution in [1.29, 1.82) is 0 Å². The molecule has 1 aliphatic rings. The van der Waals surface area contributed by atoms with E-state index in [-0.39, 0.29) is 12.0 Å². The van der Waals surface area contributed by atoms with E-state index in [1.807, 2.05) is 20.8 Å². The summed E-state index contributed by atoms with van der Waals surface area (Å²) in [5.41, 5.74) is 4.96. The van der Waals surface area contributed by atoms with Gasteiger partial charge in [0.2, 0.25) is 0 Å². The van der Waals surface area contributed by atoms with Crippen LogP contribution >= 0.6 is 0 Å². The van der Waals surface area contributed by atoms with Gasteiger partial charge in [-0.05, 0) is 33.7 Å². The van der Waals surface area contributed by atoms with E-state index >= 15 is 0 Å². The smallest absolute Gasteiger partial charge is 0.410 e. The largest absolute Gasteiger partial charge is 0.444 e. The van der Waals surface area contributed by atoms with Gasteiger partial charge >= 0.3 is 6.09 Å². The Morgan fingerprint density at radius 2 is 2.12 bits per heavy atom. The van der Waals surface area contributed by atoms with Gasteiger partial charge in [0.15, 0.2) is 0 Å². The van der Waals surface area contributed by atoms with E-state index in [0.717, 1.165) is 6.42 Å². The number of amides is 1. The summed E-state index contributed by atoms with van der Waals surface area (Å²) in [4.78, 5) is 13.3. The first-order chi connectivity index (χ1) is 7.33. The molecule has 0 aromatic rings.